The average molecular weight is 712 g/mol. The lowest BCUT2D eigenvalue weighted by Crippen LogP contribution is -2.51. The van der Waals surface area contributed by atoms with Gasteiger partial charge in [0.15, 0.2) is 5.60 Å². The second kappa shape index (κ2) is 14.0. The number of imide groups is 1. The van der Waals surface area contributed by atoms with Gasteiger partial charge in [-0.15, -0.1) is 0 Å². The number of cyclic esters (lactones) is 1. The van der Waals surface area contributed by atoms with Crippen LogP contribution < -0.4 is 10.3 Å². The molecule has 0 aliphatic carbocycles. The van der Waals surface area contributed by atoms with Crippen molar-refractivity contribution in [2.75, 3.05) is 32.7 Å². The van der Waals surface area contributed by atoms with Crippen LogP contribution in [0.4, 0.5) is 4.79 Å². The summed E-state index contributed by atoms with van der Waals surface area (Å²) in [6, 6.07) is 6.95. The highest BCUT2D eigenvalue weighted by atomic mass is 16.6. The summed E-state index contributed by atoms with van der Waals surface area (Å²) in [5, 5.41) is 12.2. The lowest BCUT2D eigenvalue weighted by Gasteiger charge is -2.34. The first-order valence-electron chi connectivity index (χ1n) is 17.9. The zero-order valence-corrected chi connectivity index (χ0v) is 29.3. The molecule has 0 bridgehead atoms. The van der Waals surface area contributed by atoms with Gasteiger partial charge in [-0.1, -0.05) is 26.7 Å². The van der Waals surface area contributed by atoms with E-state index in [9.17, 15) is 33.9 Å². The summed E-state index contributed by atoms with van der Waals surface area (Å²) in [7, 11) is 0. The number of carbonyl (C=O) groups is 5. The Labute approximate surface area is 299 Å². The highest BCUT2D eigenvalue weighted by Gasteiger charge is 2.46. The number of carbonyl (C=O) groups excluding carboxylic acids is 5. The van der Waals surface area contributed by atoms with Crippen LogP contribution in [0.1, 0.15) is 74.6 Å². The van der Waals surface area contributed by atoms with E-state index in [1.54, 1.807) is 38.6 Å². The number of piperazine rings is 1. The molecule has 1 aromatic carbocycles. The SMILES string of the molecule is CCCC1(O)C(=O)OCc2c1cc1n(c2=O)Cc2c-1nc1ccc(OC(=O)N3CCN(C(=O)CCCCCN4C(=O)C=CC4=O)CC3)cc1c2CC. The first-order chi connectivity index (χ1) is 25.0. The molecule has 1 fully saturated rings. The van der Waals surface area contributed by atoms with Crippen molar-refractivity contribution >= 4 is 40.7 Å². The predicted octanol–water partition coefficient (Wildman–Crippen LogP) is 3.16. The number of hydrogen-bond acceptors (Lipinski definition) is 10. The molecule has 0 radical (unpaired) electrons. The summed E-state index contributed by atoms with van der Waals surface area (Å²) >= 11 is 0. The summed E-state index contributed by atoms with van der Waals surface area (Å²) in [6.45, 7) is 5.73. The molecular weight excluding hydrogens is 670 g/mol. The zero-order valence-electron chi connectivity index (χ0n) is 29.3. The van der Waals surface area contributed by atoms with Crippen molar-refractivity contribution < 1.29 is 38.6 Å². The second-order valence-electron chi connectivity index (χ2n) is 13.7. The molecule has 2 aromatic heterocycles. The van der Waals surface area contributed by atoms with Crippen LogP contribution in [-0.4, -0.2) is 91.9 Å². The zero-order chi connectivity index (χ0) is 36.7. The molecule has 6 heterocycles. The number of nitrogens with zero attached hydrogens (tertiary/aromatic N) is 5. The minimum absolute atomic E-state index is 0.00714. The number of pyridine rings is 2. The van der Waals surface area contributed by atoms with E-state index in [4.69, 9.17) is 14.5 Å². The summed E-state index contributed by atoms with van der Waals surface area (Å²) in [4.78, 5) is 85.1. The molecule has 272 valence electrons. The van der Waals surface area contributed by atoms with Crippen LogP contribution in [0.3, 0.4) is 0 Å². The number of esters is 1. The Morgan fingerprint density at radius 1 is 0.942 bits per heavy atom. The van der Waals surface area contributed by atoms with E-state index in [0.717, 1.165) is 16.5 Å². The van der Waals surface area contributed by atoms with Crippen LogP contribution in [0, 0.1) is 0 Å². The molecule has 3 aromatic rings. The molecule has 1 unspecified atom stereocenters. The Kier molecular flexibility index (Phi) is 9.42. The number of fused-ring (bicyclic) bond motifs is 5. The van der Waals surface area contributed by atoms with Gasteiger partial charge >= 0.3 is 12.1 Å². The Morgan fingerprint density at radius 2 is 1.67 bits per heavy atom. The van der Waals surface area contributed by atoms with E-state index in [-0.39, 0.29) is 54.0 Å². The lowest BCUT2D eigenvalue weighted by atomic mass is 9.84. The normalized spacial score (nSPS) is 19.2. The molecule has 14 heteroatoms. The molecule has 0 saturated carbocycles. The fraction of sp³-hybridized carbons (Fsp3) is 0.447. The van der Waals surface area contributed by atoms with Gasteiger partial charge in [0, 0.05) is 67.8 Å². The van der Waals surface area contributed by atoms with Gasteiger partial charge in [-0.2, -0.15) is 0 Å². The number of rotatable bonds is 10. The molecule has 7 rings (SSSR count). The third-order valence-corrected chi connectivity index (χ3v) is 10.5. The molecule has 1 saturated heterocycles. The topological polar surface area (TPSA) is 169 Å². The monoisotopic (exact) mass is 711 g/mol. The van der Waals surface area contributed by atoms with Crippen LogP contribution in [0.15, 0.2) is 41.2 Å². The second-order valence-corrected chi connectivity index (χ2v) is 13.7. The van der Waals surface area contributed by atoms with Gasteiger partial charge in [0.2, 0.25) is 5.91 Å². The van der Waals surface area contributed by atoms with Crippen molar-refractivity contribution in [1.29, 1.82) is 0 Å². The summed E-state index contributed by atoms with van der Waals surface area (Å²) in [6.07, 6.45) is 5.64. The van der Waals surface area contributed by atoms with Crippen molar-refractivity contribution in [2.24, 2.45) is 0 Å². The van der Waals surface area contributed by atoms with Crippen LogP contribution in [-0.2, 0) is 49.1 Å². The number of aryl methyl sites for hydroxylation is 1. The molecule has 4 amide bonds. The first kappa shape index (κ1) is 35.1. The van der Waals surface area contributed by atoms with Crippen molar-refractivity contribution in [3.8, 4) is 17.1 Å². The summed E-state index contributed by atoms with van der Waals surface area (Å²) < 4.78 is 12.7. The van der Waals surface area contributed by atoms with Crippen molar-refractivity contribution in [3.05, 3.63) is 69.0 Å². The van der Waals surface area contributed by atoms with E-state index in [1.165, 1.54) is 17.1 Å². The molecule has 0 spiro atoms. The number of aliphatic hydroxyl groups is 1. The summed E-state index contributed by atoms with van der Waals surface area (Å²) in [5.41, 5.74) is 1.96. The molecule has 52 heavy (non-hydrogen) atoms. The van der Waals surface area contributed by atoms with Crippen molar-refractivity contribution in [3.63, 3.8) is 0 Å². The van der Waals surface area contributed by atoms with E-state index in [1.807, 2.05) is 13.8 Å². The largest absolute Gasteiger partial charge is 0.458 e. The number of hydrogen-bond donors (Lipinski definition) is 1. The molecule has 1 atom stereocenters. The Bertz CT molecular complexity index is 2080. The number of benzene rings is 1. The highest BCUT2D eigenvalue weighted by molar-refractivity contribution is 6.12. The van der Waals surface area contributed by atoms with Crippen molar-refractivity contribution in [1.82, 2.24) is 24.3 Å². The third-order valence-electron chi connectivity index (χ3n) is 10.5. The van der Waals surface area contributed by atoms with Crippen molar-refractivity contribution in [2.45, 2.75) is 77.5 Å². The number of aromatic nitrogens is 2. The average Bonchev–Trinajstić information content (AvgIpc) is 3.67. The minimum atomic E-state index is -1.90. The third kappa shape index (κ3) is 6.14. The Balaban J connectivity index is 0.995. The Hall–Kier alpha value is -5.37. The van der Waals surface area contributed by atoms with E-state index >= 15 is 0 Å². The van der Waals surface area contributed by atoms with Gasteiger partial charge in [-0.3, -0.25) is 24.1 Å². The maximum absolute atomic E-state index is 13.7. The summed E-state index contributed by atoms with van der Waals surface area (Å²) in [5.74, 6) is -0.991. The fourth-order valence-corrected chi connectivity index (χ4v) is 7.71. The number of amides is 4. The van der Waals surface area contributed by atoms with Crippen LogP contribution in [0.25, 0.3) is 22.3 Å². The van der Waals surface area contributed by atoms with Gasteiger partial charge in [0.1, 0.15) is 12.4 Å². The smallest absolute Gasteiger partial charge is 0.415 e. The van der Waals surface area contributed by atoms with E-state index in [0.29, 0.717) is 93.9 Å². The van der Waals surface area contributed by atoms with Crippen LogP contribution in [0.5, 0.6) is 5.75 Å². The van der Waals surface area contributed by atoms with Gasteiger partial charge in [0.05, 0.1) is 29.0 Å². The number of ether oxygens (including phenoxy) is 2. The van der Waals surface area contributed by atoms with Gasteiger partial charge in [0.25, 0.3) is 17.4 Å². The van der Waals surface area contributed by atoms with Crippen LogP contribution in [0.2, 0.25) is 0 Å². The van der Waals surface area contributed by atoms with Gasteiger partial charge < -0.3 is 28.9 Å². The first-order valence-corrected chi connectivity index (χ1v) is 17.9. The predicted molar refractivity (Wildman–Crippen MR) is 187 cm³/mol. The molecule has 4 aliphatic heterocycles. The van der Waals surface area contributed by atoms with Crippen LogP contribution >= 0.6 is 0 Å². The quantitative estimate of drug-likeness (QED) is 0.147. The molecule has 14 nitrogen and oxygen atoms in total. The fourth-order valence-electron chi connectivity index (χ4n) is 7.71. The maximum Gasteiger partial charge on any atom is 0.415 e. The molecular formula is C38H41N5O9. The highest BCUT2D eigenvalue weighted by Crippen LogP contribution is 2.41. The number of unbranched alkanes of at least 4 members (excludes halogenated alkanes) is 2. The maximum atomic E-state index is 13.7. The minimum Gasteiger partial charge on any atom is -0.458 e. The van der Waals surface area contributed by atoms with E-state index < -0.39 is 17.7 Å². The molecule has 1 N–H and O–H groups in total. The standard InChI is InChI=1S/C38H41N5O9/c1-3-13-38(50)28-20-30-34-26(21-43(30)35(47)27(28)22-51-36(38)48)24(4-2)25-19-23(9-10-29(25)39-34)52-37(49)41-17-15-40(16-18-41)31(44)8-6-5-7-14-42-32(45)11-12-33(42)46/h9-12,19-20,50H,3-8,13-18,21-22H2,1-2H3. The molecule has 4 aliphatic rings. The van der Waals surface area contributed by atoms with E-state index in [2.05, 4.69) is 0 Å². The van der Waals surface area contributed by atoms with Gasteiger partial charge in [-0.05, 0) is 55.5 Å². The Morgan fingerprint density at radius 3 is 2.38 bits per heavy atom. The van der Waals surface area contributed by atoms with Gasteiger partial charge in [-0.25, -0.2) is 14.6 Å². The lowest BCUT2D eigenvalue weighted by molar-refractivity contribution is -0.172.